The van der Waals surface area contributed by atoms with Crippen molar-refractivity contribution >= 4 is 12.6 Å². The summed E-state index contributed by atoms with van der Waals surface area (Å²) in [4.78, 5) is 0. The van der Waals surface area contributed by atoms with Crippen LogP contribution in [0.5, 0.6) is 5.75 Å². The predicted octanol–water partition coefficient (Wildman–Crippen LogP) is 4.77. The van der Waals surface area contributed by atoms with Crippen LogP contribution in [-0.2, 0) is 21.9 Å². The van der Waals surface area contributed by atoms with Crippen LogP contribution in [0, 0.1) is 5.82 Å². The van der Waals surface area contributed by atoms with Gasteiger partial charge in [0.25, 0.3) is 0 Å². The summed E-state index contributed by atoms with van der Waals surface area (Å²) in [6.07, 6.45) is -4.23. The van der Waals surface area contributed by atoms with Crippen LogP contribution in [0.25, 0.3) is 0 Å². The summed E-state index contributed by atoms with van der Waals surface area (Å²) in [5.74, 6) is -0.632. The van der Waals surface area contributed by atoms with E-state index >= 15 is 0 Å². The summed E-state index contributed by atoms with van der Waals surface area (Å²) < 4.78 is 70.9. The average molecular weight is 410 g/mol. The molecule has 0 aliphatic carbocycles. The van der Waals surface area contributed by atoms with Gasteiger partial charge in [0.1, 0.15) is 11.6 Å². The van der Waals surface area contributed by atoms with Crippen molar-refractivity contribution in [2.45, 2.75) is 51.5 Å². The fourth-order valence-electron chi connectivity index (χ4n) is 2.95. The smallest absolute Gasteiger partial charge is 0.493 e. The number of hydrogen-bond donors (Lipinski definition) is 0. The van der Waals surface area contributed by atoms with E-state index in [0.717, 1.165) is 11.6 Å². The Kier molecular flexibility index (Phi) is 5.71. The zero-order valence-electron chi connectivity index (χ0n) is 16.8. The molecular formula is C21H23BF4O3. The molecule has 1 heterocycles. The van der Waals surface area contributed by atoms with Crippen molar-refractivity contribution in [3.63, 3.8) is 0 Å². The monoisotopic (exact) mass is 410 g/mol. The molecule has 156 valence electrons. The van der Waals surface area contributed by atoms with Crippen LogP contribution < -0.4 is 10.2 Å². The Morgan fingerprint density at radius 3 is 2.07 bits per heavy atom. The molecule has 2 aromatic rings. The zero-order chi connectivity index (χ0) is 21.4. The fraction of sp³-hybridized carbons (Fsp3) is 0.429. The Morgan fingerprint density at radius 1 is 0.931 bits per heavy atom. The Bertz CT molecular complexity index is 847. The first-order valence-electron chi connectivity index (χ1n) is 9.33. The van der Waals surface area contributed by atoms with Gasteiger partial charge in [0.2, 0.25) is 0 Å². The maximum Gasteiger partial charge on any atom is 0.494 e. The highest BCUT2D eigenvalue weighted by atomic mass is 19.4. The van der Waals surface area contributed by atoms with Gasteiger partial charge >= 0.3 is 13.3 Å². The van der Waals surface area contributed by atoms with E-state index < -0.39 is 30.1 Å². The Labute approximate surface area is 168 Å². The lowest BCUT2D eigenvalue weighted by Gasteiger charge is -2.32. The predicted molar refractivity (Wildman–Crippen MR) is 103 cm³/mol. The molecule has 8 heteroatoms. The van der Waals surface area contributed by atoms with E-state index in [4.69, 9.17) is 14.0 Å². The van der Waals surface area contributed by atoms with Crippen molar-refractivity contribution in [3.05, 3.63) is 59.4 Å². The Balaban J connectivity index is 1.77. The minimum absolute atomic E-state index is 0.0323. The molecule has 3 nitrogen and oxygen atoms in total. The van der Waals surface area contributed by atoms with Gasteiger partial charge in [-0.3, -0.25) is 0 Å². The molecular weight excluding hydrogens is 387 g/mol. The quantitative estimate of drug-likeness (QED) is 0.525. The molecule has 0 spiro atoms. The summed E-state index contributed by atoms with van der Waals surface area (Å²) in [5.41, 5.74) is -1.14. The first-order valence-corrected chi connectivity index (χ1v) is 9.33. The summed E-state index contributed by atoms with van der Waals surface area (Å²) in [5, 5.41) is 0. The van der Waals surface area contributed by atoms with Gasteiger partial charge in [-0.2, -0.15) is 13.2 Å². The molecule has 1 saturated heterocycles. The third-order valence-corrected chi connectivity index (χ3v) is 5.40. The lowest BCUT2D eigenvalue weighted by atomic mass is 9.78. The first kappa shape index (κ1) is 21.6. The largest absolute Gasteiger partial charge is 0.494 e. The summed E-state index contributed by atoms with van der Waals surface area (Å²) >= 11 is 0. The zero-order valence-corrected chi connectivity index (χ0v) is 16.8. The van der Waals surface area contributed by atoms with Crippen molar-refractivity contribution < 1.29 is 31.6 Å². The number of hydrogen-bond acceptors (Lipinski definition) is 3. The van der Waals surface area contributed by atoms with Crippen molar-refractivity contribution in [1.82, 2.24) is 0 Å². The number of benzene rings is 2. The minimum Gasteiger partial charge on any atom is -0.493 e. The van der Waals surface area contributed by atoms with E-state index in [1.54, 1.807) is 12.1 Å². The third kappa shape index (κ3) is 4.75. The number of rotatable bonds is 5. The van der Waals surface area contributed by atoms with E-state index in [-0.39, 0.29) is 23.6 Å². The van der Waals surface area contributed by atoms with E-state index in [0.29, 0.717) is 6.42 Å². The molecule has 1 fully saturated rings. The SMILES string of the molecule is CC1(C)OB(c2ccc(OCCc3ccc(F)cc3)c(C(F)(F)F)c2)OC1(C)C. The molecule has 0 amide bonds. The van der Waals surface area contributed by atoms with Gasteiger partial charge in [0.15, 0.2) is 0 Å². The van der Waals surface area contributed by atoms with Crippen LogP contribution >= 0.6 is 0 Å². The molecule has 0 N–H and O–H groups in total. The van der Waals surface area contributed by atoms with Crippen LogP contribution in [0.15, 0.2) is 42.5 Å². The van der Waals surface area contributed by atoms with Crippen molar-refractivity contribution in [2.75, 3.05) is 6.61 Å². The second-order valence-electron chi connectivity index (χ2n) is 8.07. The molecule has 0 bridgehead atoms. The summed E-state index contributed by atoms with van der Waals surface area (Å²) in [6, 6.07) is 9.56. The van der Waals surface area contributed by atoms with Gasteiger partial charge in [-0.1, -0.05) is 18.2 Å². The van der Waals surface area contributed by atoms with Crippen molar-refractivity contribution in [2.24, 2.45) is 0 Å². The van der Waals surface area contributed by atoms with Gasteiger partial charge in [-0.15, -0.1) is 0 Å². The molecule has 1 aliphatic rings. The molecule has 3 rings (SSSR count). The molecule has 0 aromatic heterocycles. The highest BCUT2D eigenvalue weighted by Gasteiger charge is 2.52. The molecule has 1 aliphatic heterocycles. The van der Waals surface area contributed by atoms with E-state index in [1.807, 2.05) is 27.7 Å². The van der Waals surface area contributed by atoms with Gasteiger partial charge in [0.05, 0.1) is 23.4 Å². The standard InChI is InChI=1S/C21H23BF4O3/c1-19(2)20(3,4)29-22(28-19)15-7-10-18(17(13-15)21(24,25)26)27-12-11-14-5-8-16(23)9-6-14/h5-10,13H,11-12H2,1-4H3. The first-order chi connectivity index (χ1) is 13.4. The average Bonchev–Trinajstić information content (AvgIpc) is 2.83. The lowest BCUT2D eigenvalue weighted by molar-refractivity contribution is -0.138. The third-order valence-electron chi connectivity index (χ3n) is 5.40. The lowest BCUT2D eigenvalue weighted by Crippen LogP contribution is -2.41. The van der Waals surface area contributed by atoms with Gasteiger partial charge in [-0.25, -0.2) is 4.39 Å². The van der Waals surface area contributed by atoms with Crippen LogP contribution in [0.1, 0.15) is 38.8 Å². The van der Waals surface area contributed by atoms with Crippen LogP contribution in [0.4, 0.5) is 17.6 Å². The maximum atomic E-state index is 13.6. The van der Waals surface area contributed by atoms with Gasteiger partial charge < -0.3 is 14.0 Å². The Morgan fingerprint density at radius 2 is 1.52 bits per heavy atom. The molecule has 2 aromatic carbocycles. The summed E-state index contributed by atoms with van der Waals surface area (Å²) in [6.45, 7) is 7.38. The normalized spacial score (nSPS) is 18.1. The van der Waals surface area contributed by atoms with Crippen LogP contribution in [0.2, 0.25) is 0 Å². The molecule has 0 saturated carbocycles. The topological polar surface area (TPSA) is 27.7 Å². The fourth-order valence-corrected chi connectivity index (χ4v) is 2.95. The second-order valence-corrected chi connectivity index (χ2v) is 8.07. The van der Waals surface area contributed by atoms with E-state index in [2.05, 4.69) is 0 Å². The second kappa shape index (κ2) is 7.65. The van der Waals surface area contributed by atoms with Gasteiger partial charge in [-0.05, 0) is 63.0 Å². The van der Waals surface area contributed by atoms with E-state index in [1.165, 1.54) is 24.3 Å². The molecule has 29 heavy (non-hydrogen) atoms. The Hall–Kier alpha value is -2.06. The summed E-state index contributed by atoms with van der Waals surface area (Å²) in [7, 11) is -0.894. The maximum absolute atomic E-state index is 13.6. The van der Waals surface area contributed by atoms with Crippen LogP contribution in [-0.4, -0.2) is 24.9 Å². The highest BCUT2D eigenvalue weighted by molar-refractivity contribution is 6.62. The number of ether oxygens (including phenoxy) is 1. The van der Waals surface area contributed by atoms with E-state index in [9.17, 15) is 17.6 Å². The molecule has 0 radical (unpaired) electrons. The number of halogens is 4. The molecule has 0 unspecified atom stereocenters. The number of alkyl halides is 3. The van der Waals surface area contributed by atoms with Crippen molar-refractivity contribution in [1.29, 1.82) is 0 Å². The molecule has 0 atom stereocenters. The minimum atomic E-state index is -4.59. The van der Waals surface area contributed by atoms with Gasteiger partial charge in [0, 0.05) is 6.42 Å². The highest BCUT2D eigenvalue weighted by Crippen LogP contribution is 2.39. The van der Waals surface area contributed by atoms with Crippen molar-refractivity contribution in [3.8, 4) is 5.75 Å². The van der Waals surface area contributed by atoms with Crippen LogP contribution in [0.3, 0.4) is 0 Å².